The van der Waals surface area contributed by atoms with Crippen molar-refractivity contribution in [3.63, 3.8) is 0 Å². The smallest absolute Gasteiger partial charge is 0.261 e. The van der Waals surface area contributed by atoms with Crippen LogP contribution in [0.15, 0.2) is 48.5 Å². The fraction of sp³-hybridized carbons (Fsp3) is 0.435. The van der Waals surface area contributed by atoms with Crippen LogP contribution in [-0.2, 0) is 4.79 Å². The second-order valence-electron chi connectivity index (χ2n) is 7.76. The summed E-state index contributed by atoms with van der Waals surface area (Å²) in [5, 5.41) is 0. The molecule has 1 amide bonds. The zero-order chi connectivity index (χ0) is 19.4. The highest BCUT2D eigenvalue weighted by Gasteiger charge is 2.30. The molecule has 1 atom stereocenters. The highest BCUT2D eigenvalue weighted by molar-refractivity contribution is 5.78. The minimum absolute atomic E-state index is 0.0492. The maximum absolute atomic E-state index is 13.0. The topological polar surface area (TPSA) is 32.8 Å². The molecule has 0 bridgehead atoms. The van der Waals surface area contributed by atoms with Crippen LogP contribution in [0.5, 0.6) is 5.75 Å². The van der Waals surface area contributed by atoms with Crippen molar-refractivity contribution >= 4 is 5.91 Å². The minimum Gasteiger partial charge on any atom is -0.483 e. The molecule has 27 heavy (non-hydrogen) atoms. The molecule has 0 radical (unpaired) electrons. The van der Waals surface area contributed by atoms with Crippen LogP contribution in [0.4, 0.5) is 0 Å². The van der Waals surface area contributed by atoms with Crippen LogP contribution in [0.2, 0.25) is 0 Å². The summed E-state index contributed by atoms with van der Waals surface area (Å²) in [4.78, 5) is 17.3. The van der Waals surface area contributed by atoms with Crippen LogP contribution in [-0.4, -0.2) is 49.0 Å². The van der Waals surface area contributed by atoms with E-state index < -0.39 is 0 Å². The van der Waals surface area contributed by atoms with Crippen molar-refractivity contribution in [3.8, 4) is 5.75 Å². The SMILES string of the molecule is Cc1ccc(C(C)C)c(OCC(=O)N2CCN(C)CC2c2ccccc2)c1. The molecule has 0 saturated carbocycles. The lowest BCUT2D eigenvalue weighted by molar-refractivity contribution is -0.138. The maximum Gasteiger partial charge on any atom is 0.261 e. The van der Waals surface area contributed by atoms with Gasteiger partial charge < -0.3 is 14.5 Å². The van der Waals surface area contributed by atoms with Crippen molar-refractivity contribution in [1.29, 1.82) is 0 Å². The van der Waals surface area contributed by atoms with Gasteiger partial charge >= 0.3 is 0 Å². The zero-order valence-corrected chi connectivity index (χ0v) is 16.8. The molecule has 1 aliphatic rings. The summed E-state index contributed by atoms with van der Waals surface area (Å²) < 4.78 is 6.00. The van der Waals surface area contributed by atoms with Crippen molar-refractivity contribution in [2.24, 2.45) is 0 Å². The Labute approximate surface area is 162 Å². The Balaban J connectivity index is 1.74. The van der Waals surface area contributed by atoms with Gasteiger partial charge in [-0.05, 0) is 42.6 Å². The molecule has 0 aliphatic carbocycles. The maximum atomic E-state index is 13.0. The van der Waals surface area contributed by atoms with Crippen LogP contribution in [0.1, 0.15) is 42.5 Å². The number of aryl methyl sites for hydroxylation is 1. The van der Waals surface area contributed by atoms with E-state index in [-0.39, 0.29) is 18.6 Å². The number of piperazine rings is 1. The molecule has 144 valence electrons. The second kappa shape index (κ2) is 8.57. The van der Waals surface area contributed by atoms with Gasteiger partial charge in [0.1, 0.15) is 5.75 Å². The molecular formula is C23H30N2O2. The highest BCUT2D eigenvalue weighted by atomic mass is 16.5. The largest absolute Gasteiger partial charge is 0.483 e. The number of ether oxygens (including phenoxy) is 1. The van der Waals surface area contributed by atoms with Crippen LogP contribution in [0.3, 0.4) is 0 Å². The minimum atomic E-state index is 0.0492. The number of carbonyl (C=O) groups is 1. The summed E-state index contributed by atoms with van der Waals surface area (Å²) in [6, 6.07) is 16.6. The van der Waals surface area contributed by atoms with Crippen molar-refractivity contribution < 1.29 is 9.53 Å². The summed E-state index contributed by atoms with van der Waals surface area (Å²) in [6.07, 6.45) is 0. The summed E-state index contributed by atoms with van der Waals surface area (Å²) in [7, 11) is 2.11. The molecule has 3 rings (SSSR count). The molecule has 4 nitrogen and oxygen atoms in total. The lowest BCUT2D eigenvalue weighted by Gasteiger charge is -2.40. The van der Waals surface area contributed by atoms with Crippen molar-refractivity contribution in [3.05, 3.63) is 65.2 Å². The number of hydrogen-bond donors (Lipinski definition) is 0. The standard InChI is InChI=1S/C23H30N2O2/c1-17(2)20-11-10-18(3)14-22(20)27-16-23(26)25-13-12-24(4)15-21(25)19-8-6-5-7-9-19/h5-11,14,17,21H,12-13,15-16H2,1-4H3. The van der Waals surface area contributed by atoms with Gasteiger partial charge in [0, 0.05) is 19.6 Å². The molecule has 0 spiro atoms. The number of amides is 1. The summed E-state index contributed by atoms with van der Waals surface area (Å²) in [5.74, 6) is 1.23. The van der Waals surface area contributed by atoms with Gasteiger partial charge in [0.25, 0.3) is 5.91 Å². The number of carbonyl (C=O) groups excluding carboxylic acids is 1. The monoisotopic (exact) mass is 366 g/mol. The highest BCUT2D eigenvalue weighted by Crippen LogP contribution is 2.28. The predicted octanol–water partition coefficient (Wildman–Crippen LogP) is 4.01. The van der Waals surface area contributed by atoms with Gasteiger partial charge in [0.05, 0.1) is 6.04 Å². The number of likely N-dealkylation sites (N-methyl/N-ethyl adjacent to an activating group) is 1. The molecular weight excluding hydrogens is 336 g/mol. The number of benzene rings is 2. The Morgan fingerprint density at radius 1 is 1.15 bits per heavy atom. The van der Waals surface area contributed by atoms with Crippen molar-refractivity contribution in [1.82, 2.24) is 9.80 Å². The van der Waals surface area contributed by atoms with Gasteiger partial charge in [-0.25, -0.2) is 0 Å². The first-order valence-corrected chi connectivity index (χ1v) is 9.72. The first kappa shape index (κ1) is 19.4. The van der Waals surface area contributed by atoms with Gasteiger partial charge in [0.2, 0.25) is 0 Å². The Morgan fingerprint density at radius 2 is 1.89 bits per heavy atom. The van der Waals surface area contributed by atoms with Crippen molar-refractivity contribution in [2.75, 3.05) is 33.3 Å². The Morgan fingerprint density at radius 3 is 2.59 bits per heavy atom. The van der Waals surface area contributed by atoms with E-state index in [1.54, 1.807) is 0 Å². The molecule has 1 aliphatic heterocycles. The van der Waals surface area contributed by atoms with Crippen molar-refractivity contribution in [2.45, 2.75) is 32.7 Å². The lowest BCUT2D eigenvalue weighted by Crippen LogP contribution is -2.50. The van der Waals surface area contributed by atoms with Crippen LogP contribution in [0, 0.1) is 6.92 Å². The third-order valence-corrected chi connectivity index (χ3v) is 5.23. The molecule has 2 aromatic carbocycles. The summed E-state index contributed by atoms with van der Waals surface area (Å²) >= 11 is 0. The Bertz CT molecular complexity index is 773. The van der Waals surface area contributed by atoms with Gasteiger partial charge in [-0.2, -0.15) is 0 Å². The molecule has 0 aromatic heterocycles. The molecule has 0 N–H and O–H groups in total. The van der Waals surface area contributed by atoms with E-state index in [1.807, 2.05) is 36.1 Å². The fourth-order valence-corrected chi connectivity index (χ4v) is 3.64. The lowest BCUT2D eigenvalue weighted by atomic mass is 10.0. The summed E-state index contributed by atoms with van der Waals surface area (Å²) in [5.41, 5.74) is 3.46. The predicted molar refractivity (Wildman–Crippen MR) is 109 cm³/mol. The van der Waals surface area contributed by atoms with E-state index in [4.69, 9.17) is 4.74 Å². The third-order valence-electron chi connectivity index (χ3n) is 5.23. The third kappa shape index (κ3) is 4.69. The molecule has 4 heteroatoms. The first-order valence-electron chi connectivity index (χ1n) is 9.72. The van der Waals surface area contributed by atoms with E-state index in [0.717, 1.165) is 36.5 Å². The normalized spacial score (nSPS) is 18.0. The number of nitrogens with zero attached hydrogens (tertiary/aromatic N) is 2. The quantitative estimate of drug-likeness (QED) is 0.801. The van der Waals surface area contributed by atoms with E-state index in [9.17, 15) is 4.79 Å². The van der Waals surface area contributed by atoms with Gasteiger partial charge in [-0.1, -0.05) is 56.3 Å². The van der Waals surface area contributed by atoms with Crippen LogP contribution >= 0.6 is 0 Å². The number of hydrogen-bond acceptors (Lipinski definition) is 3. The summed E-state index contributed by atoms with van der Waals surface area (Å²) in [6.45, 7) is 8.87. The van der Waals surface area contributed by atoms with Gasteiger partial charge in [-0.3, -0.25) is 4.79 Å². The molecule has 1 unspecified atom stereocenters. The molecule has 1 saturated heterocycles. The van der Waals surface area contributed by atoms with Crippen LogP contribution in [0.25, 0.3) is 0 Å². The van der Waals surface area contributed by atoms with Gasteiger partial charge in [-0.15, -0.1) is 0 Å². The zero-order valence-electron chi connectivity index (χ0n) is 16.8. The van der Waals surface area contributed by atoms with E-state index in [2.05, 4.69) is 50.1 Å². The van der Waals surface area contributed by atoms with E-state index in [0.29, 0.717) is 5.92 Å². The molecule has 2 aromatic rings. The van der Waals surface area contributed by atoms with E-state index in [1.165, 1.54) is 5.56 Å². The van der Waals surface area contributed by atoms with E-state index >= 15 is 0 Å². The Kier molecular flexibility index (Phi) is 6.17. The number of rotatable bonds is 5. The average Bonchev–Trinajstić information content (AvgIpc) is 2.66. The van der Waals surface area contributed by atoms with Gasteiger partial charge in [0.15, 0.2) is 6.61 Å². The molecule has 1 heterocycles. The Hall–Kier alpha value is -2.33. The first-order chi connectivity index (χ1) is 13.0. The van der Waals surface area contributed by atoms with Crippen LogP contribution < -0.4 is 4.74 Å². The fourth-order valence-electron chi connectivity index (χ4n) is 3.64. The second-order valence-corrected chi connectivity index (χ2v) is 7.76. The average molecular weight is 367 g/mol. The molecule has 1 fully saturated rings.